The zero-order valence-electron chi connectivity index (χ0n) is 9.96. The van der Waals surface area contributed by atoms with Crippen LogP contribution < -0.4 is 0 Å². The van der Waals surface area contributed by atoms with Crippen molar-refractivity contribution in [3.8, 4) is 0 Å². The molecule has 0 spiro atoms. The molecule has 0 fully saturated rings. The lowest BCUT2D eigenvalue weighted by Gasteiger charge is -2.22. The molecular weight excluding hydrogens is 218 g/mol. The molecule has 0 saturated carbocycles. The number of carbonyl (C=O) groups excluding carboxylic acids is 1. The summed E-state index contributed by atoms with van der Waals surface area (Å²) in [7, 11) is 1.35. The Hall–Kier alpha value is -1.58. The molecule has 1 aliphatic carbocycles. The smallest absolute Gasteiger partial charge is 0.352 e. The van der Waals surface area contributed by atoms with Gasteiger partial charge < -0.3 is 9.47 Å². The van der Waals surface area contributed by atoms with Crippen LogP contribution in [0.4, 0.5) is 0 Å². The number of hydrogen-bond acceptors (Lipinski definition) is 4. The minimum atomic E-state index is -0.687. The molecule has 4 nitrogen and oxygen atoms in total. The zero-order chi connectivity index (χ0) is 12.1. The van der Waals surface area contributed by atoms with E-state index >= 15 is 0 Å². The van der Waals surface area contributed by atoms with Crippen LogP contribution in [0.15, 0.2) is 29.1 Å². The van der Waals surface area contributed by atoms with E-state index in [1.807, 2.05) is 0 Å². The van der Waals surface area contributed by atoms with Gasteiger partial charge in [0.25, 0.3) is 0 Å². The quantitative estimate of drug-likeness (QED) is 0.556. The topological polar surface area (TPSA) is 47.9 Å². The highest BCUT2D eigenvalue weighted by Crippen LogP contribution is 2.25. The van der Waals surface area contributed by atoms with Crippen molar-refractivity contribution in [3.63, 3.8) is 0 Å². The van der Waals surface area contributed by atoms with Crippen LogP contribution >= 0.6 is 0 Å². The van der Waals surface area contributed by atoms with Gasteiger partial charge in [-0.3, -0.25) is 4.99 Å². The van der Waals surface area contributed by atoms with Crippen molar-refractivity contribution in [2.75, 3.05) is 7.11 Å². The largest absolute Gasteiger partial charge is 0.476 e. The van der Waals surface area contributed by atoms with Crippen molar-refractivity contribution >= 4 is 12.2 Å². The second-order valence-electron chi connectivity index (χ2n) is 4.28. The Morgan fingerprint density at radius 3 is 3.24 bits per heavy atom. The Labute approximate surface area is 101 Å². The molecule has 4 heteroatoms. The lowest BCUT2D eigenvalue weighted by molar-refractivity contribution is -0.147. The van der Waals surface area contributed by atoms with Gasteiger partial charge in [-0.2, -0.15) is 0 Å². The molecule has 0 amide bonds. The number of allylic oxidation sites excluding steroid dienone is 3. The van der Waals surface area contributed by atoms with Crippen LogP contribution in [0.5, 0.6) is 0 Å². The average Bonchev–Trinajstić information content (AvgIpc) is 2.39. The highest BCUT2D eigenvalue weighted by Gasteiger charge is 2.23. The van der Waals surface area contributed by atoms with Gasteiger partial charge >= 0.3 is 5.97 Å². The molecular formula is C13H17NO3. The molecule has 0 radical (unpaired) electrons. The van der Waals surface area contributed by atoms with Gasteiger partial charge in [0, 0.05) is 6.42 Å². The fourth-order valence-corrected chi connectivity index (χ4v) is 2.07. The SMILES string of the molecule is COC(=O)[C@H]1C=NC=C(C[C@H]2C=CCCC2)O1. The van der Waals surface area contributed by atoms with Crippen LogP contribution in [-0.4, -0.2) is 25.4 Å². The monoisotopic (exact) mass is 235 g/mol. The Morgan fingerprint density at radius 1 is 1.65 bits per heavy atom. The Kier molecular flexibility index (Phi) is 3.96. The molecule has 1 aliphatic heterocycles. The van der Waals surface area contributed by atoms with Gasteiger partial charge in [-0.05, 0) is 25.2 Å². The lowest BCUT2D eigenvalue weighted by atomic mass is 9.92. The fraction of sp³-hybridized carbons (Fsp3) is 0.538. The van der Waals surface area contributed by atoms with Crippen LogP contribution in [0.1, 0.15) is 25.7 Å². The normalized spacial score (nSPS) is 27.2. The first-order valence-corrected chi connectivity index (χ1v) is 5.93. The van der Waals surface area contributed by atoms with E-state index in [1.54, 1.807) is 6.20 Å². The Morgan fingerprint density at radius 2 is 2.53 bits per heavy atom. The molecule has 17 heavy (non-hydrogen) atoms. The third-order valence-electron chi connectivity index (χ3n) is 2.97. The van der Waals surface area contributed by atoms with Gasteiger partial charge in [0.15, 0.2) is 0 Å². The summed E-state index contributed by atoms with van der Waals surface area (Å²) >= 11 is 0. The Bertz CT molecular complexity index is 371. The van der Waals surface area contributed by atoms with E-state index in [1.165, 1.54) is 32.6 Å². The number of hydrogen-bond donors (Lipinski definition) is 0. The summed E-state index contributed by atoms with van der Waals surface area (Å²) in [6.45, 7) is 0. The molecule has 0 N–H and O–H groups in total. The van der Waals surface area contributed by atoms with E-state index in [2.05, 4.69) is 21.9 Å². The first-order valence-electron chi connectivity index (χ1n) is 5.93. The van der Waals surface area contributed by atoms with Crippen LogP contribution in [0.25, 0.3) is 0 Å². The van der Waals surface area contributed by atoms with Gasteiger partial charge in [-0.25, -0.2) is 4.79 Å². The molecule has 0 bridgehead atoms. The summed E-state index contributed by atoms with van der Waals surface area (Å²) in [6, 6.07) is 0. The maximum Gasteiger partial charge on any atom is 0.352 e. The summed E-state index contributed by atoms with van der Waals surface area (Å²) in [5, 5.41) is 0. The number of carbonyl (C=O) groups is 1. The molecule has 1 heterocycles. The van der Waals surface area contributed by atoms with Crippen molar-refractivity contribution < 1.29 is 14.3 Å². The first-order chi connectivity index (χ1) is 8.29. The van der Waals surface area contributed by atoms with E-state index < -0.39 is 12.1 Å². The third-order valence-corrected chi connectivity index (χ3v) is 2.97. The van der Waals surface area contributed by atoms with Crippen molar-refractivity contribution in [1.82, 2.24) is 0 Å². The van der Waals surface area contributed by atoms with Crippen LogP contribution in [0, 0.1) is 5.92 Å². The number of esters is 1. The molecule has 0 unspecified atom stereocenters. The number of rotatable bonds is 3. The summed E-state index contributed by atoms with van der Waals surface area (Å²) < 4.78 is 10.2. The first kappa shape index (κ1) is 11.9. The summed E-state index contributed by atoms with van der Waals surface area (Å²) in [5.41, 5.74) is 0. The summed E-state index contributed by atoms with van der Waals surface area (Å²) in [6.07, 6.45) is 11.3. The van der Waals surface area contributed by atoms with Gasteiger partial charge in [-0.15, -0.1) is 0 Å². The molecule has 0 aromatic heterocycles. The maximum atomic E-state index is 11.3. The van der Waals surface area contributed by atoms with Crippen LogP contribution in [0.2, 0.25) is 0 Å². The van der Waals surface area contributed by atoms with E-state index in [4.69, 9.17) is 4.74 Å². The third kappa shape index (κ3) is 3.19. The van der Waals surface area contributed by atoms with Gasteiger partial charge in [-0.1, -0.05) is 12.2 Å². The standard InChI is InChI=1S/C13H17NO3/c1-16-13(15)12-9-14-8-11(17-12)7-10-5-3-2-4-6-10/h3,5,8-10,12H,2,4,6-7H2,1H3/t10-,12+/m0/s1. The second-order valence-corrected chi connectivity index (χ2v) is 4.28. The highest BCUT2D eigenvalue weighted by atomic mass is 16.6. The van der Waals surface area contributed by atoms with Gasteiger partial charge in [0.1, 0.15) is 5.76 Å². The lowest BCUT2D eigenvalue weighted by Crippen LogP contribution is -2.28. The van der Waals surface area contributed by atoms with E-state index in [0.717, 1.165) is 12.2 Å². The number of methoxy groups -OCH3 is 1. The predicted octanol–water partition coefficient (Wildman–Crippen LogP) is 2.22. The second kappa shape index (κ2) is 5.66. The van der Waals surface area contributed by atoms with Gasteiger partial charge in [0.05, 0.1) is 19.5 Å². The van der Waals surface area contributed by atoms with E-state index in [-0.39, 0.29) is 0 Å². The maximum absolute atomic E-state index is 11.3. The molecule has 2 aliphatic rings. The molecule has 2 atom stereocenters. The summed E-state index contributed by atoms with van der Waals surface area (Å²) in [4.78, 5) is 15.4. The van der Waals surface area contributed by atoms with E-state index in [0.29, 0.717) is 5.92 Å². The molecule has 0 aromatic carbocycles. The summed E-state index contributed by atoms with van der Waals surface area (Å²) in [5.74, 6) is 0.861. The van der Waals surface area contributed by atoms with E-state index in [9.17, 15) is 4.79 Å². The number of nitrogens with zero attached hydrogens (tertiary/aromatic N) is 1. The average molecular weight is 235 g/mol. The molecule has 0 saturated heterocycles. The molecule has 92 valence electrons. The van der Waals surface area contributed by atoms with Gasteiger partial charge in [0.2, 0.25) is 6.10 Å². The predicted molar refractivity (Wildman–Crippen MR) is 64.6 cm³/mol. The minimum Gasteiger partial charge on any atom is -0.476 e. The molecule has 0 aromatic rings. The fourth-order valence-electron chi connectivity index (χ4n) is 2.07. The van der Waals surface area contributed by atoms with Crippen molar-refractivity contribution in [2.24, 2.45) is 10.9 Å². The number of aliphatic imine (C=N–C) groups is 1. The molecule has 2 rings (SSSR count). The Balaban J connectivity index is 1.91. The van der Waals surface area contributed by atoms with Crippen molar-refractivity contribution in [2.45, 2.75) is 31.8 Å². The van der Waals surface area contributed by atoms with Crippen LogP contribution in [0.3, 0.4) is 0 Å². The van der Waals surface area contributed by atoms with Crippen molar-refractivity contribution in [1.29, 1.82) is 0 Å². The van der Waals surface area contributed by atoms with Crippen LogP contribution in [-0.2, 0) is 14.3 Å². The highest BCUT2D eigenvalue weighted by molar-refractivity contribution is 5.93. The minimum absolute atomic E-state index is 0.404. The number of ether oxygens (including phenoxy) is 2. The zero-order valence-corrected chi connectivity index (χ0v) is 9.96. The van der Waals surface area contributed by atoms with Crippen molar-refractivity contribution in [3.05, 3.63) is 24.1 Å².